The maximum atomic E-state index is 10.5. The zero-order chi connectivity index (χ0) is 9.84. The van der Waals surface area contributed by atoms with Gasteiger partial charge in [0.25, 0.3) is 0 Å². The smallest absolute Gasteiger partial charge is 0.320 e. The molecule has 0 heterocycles. The number of aliphatic carboxylic acids is 1. The van der Waals surface area contributed by atoms with Crippen LogP contribution >= 0.6 is 0 Å². The maximum Gasteiger partial charge on any atom is 0.320 e. The van der Waals surface area contributed by atoms with Gasteiger partial charge in [-0.15, -0.1) is 0 Å². The van der Waals surface area contributed by atoms with Gasteiger partial charge in [0.05, 0.1) is 0 Å². The lowest BCUT2D eigenvalue weighted by Gasteiger charge is -2.24. The second kappa shape index (κ2) is 4.42. The Bertz CT molecular complexity index is 203. The molecule has 3 N–H and O–H groups in total. The summed E-state index contributed by atoms with van der Waals surface area (Å²) in [5, 5.41) is 8.62. The molecule has 3 nitrogen and oxygen atoms in total. The highest BCUT2D eigenvalue weighted by atomic mass is 16.4. The van der Waals surface area contributed by atoms with Crippen LogP contribution in [0.5, 0.6) is 0 Å². The Morgan fingerprint density at radius 1 is 1.62 bits per heavy atom. The van der Waals surface area contributed by atoms with Crippen LogP contribution in [0, 0.1) is 5.92 Å². The minimum absolute atomic E-state index is 0.483. The van der Waals surface area contributed by atoms with Crippen LogP contribution in [0.15, 0.2) is 12.2 Å². The van der Waals surface area contributed by atoms with Gasteiger partial charge < -0.3 is 10.8 Å². The fraction of sp³-hybridized carbons (Fsp3) is 0.700. The van der Waals surface area contributed by atoms with Crippen molar-refractivity contribution in [2.45, 2.75) is 38.1 Å². The van der Waals surface area contributed by atoms with Crippen LogP contribution in [-0.2, 0) is 4.79 Å². The summed E-state index contributed by atoms with van der Waals surface area (Å²) in [4.78, 5) is 10.5. The van der Waals surface area contributed by atoms with Crippen LogP contribution in [0.2, 0.25) is 0 Å². The number of hydrogen-bond donors (Lipinski definition) is 2. The Balaban J connectivity index is 2.30. The van der Waals surface area contributed by atoms with E-state index in [1.807, 2.05) is 0 Å². The molecule has 1 aliphatic rings. The molecule has 0 amide bonds. The van der Waals surface area contributed by atoms with E-state index in [-0.39, 0.29) is 0 Å². The van der Waals surface area contributed by atoms with Crippen LogP contribution in [-0.4, -0.2) is 17.1 Å². The number of hydrogen-bond acceptors (Lipinski definition) is 2. The van der Waals surface area contributed by atoms with Crippen LogP contribution in [0.1, 0.15) is 32.1 Å². The minimum Gasteiger partial charge on any atom is -0.480 e. The van der Waals surface area contributed by atoms with E-state index in [9.17, 15) is 4.79 Å². The predicted octanol–water partition coefficient (Wildman–Crippen LogP) is 1.53. The molecule has 0 unspecified atom stereocenters. The van der Waals surface area contributed by atoms with E-state index >= 15 is 0 Å². The first-order chi connectivity index (χ1) is 6.09. The highest BCUT2D eigenvalue weighted by molar-refractivity contribution is 5.73. The number of nitrogens with two attached hydrogens (primary N) is 1. The van der Waals surface area contributed by atoms with Crippen LogP contribution in [0.4, 0.5) is 0 Å². The third-order valence-corrected chi connectivity index (χ3v) is 2.72. The quantitative estimate of drug-likeness (QED) is 0.652. The lowest BCUT2D eigenvalue weighted by atomic mass is 9.83. The normalized spacial score (nSPS) is 21.5. The molecule has 1 saturated carbocycles. The topological polar surface area (TPSA) is 63.3 Å². The van der Waals surface area contributed by atoms with Gasteiger partial charge in [-0.05, 0) is 38.0 Å². The number of carbonyl (C=O) groups is 1. The molecule has 0 aliphatic heterocycles. The van der Waals surface area contributed by atoms with E-state index in [0.29, 0.717) is 12.3 Å². The molecule has 3 heteroatoms. The van der Waals surface area contributed by atoms with Crippen molar-refractivity contribution in [2.75, 3.05) is 0 Å². The summed E-state index contributed by atoms with van der Waals surface area (Å²) < 4.78 is 0. The number of allylic oxidation sites excluding steroid dienone is 1. The molecule has 0 aromatic rings. The first-order valence-corrected chi connectivity index (χ1v) is 4.74. The Morgan fingerprint density at radius 2 is 2.15 bits per heavy atom. The van der Waals surface area contributed by atoms with E-state index in [1.165, 1.54) is 5.57 Å². The zero-order valence-electron chi connectivity index (χ0n) is 7.83. The Labute approximate surface area is 78.6 Å². The number of carboxylic acid groups (broad SMARTS) is 1. The van der Waals surface area contributed by atoms with E-state index in [4.69, 9.17) is 10.8 Å². The fourth-order valence-corrected chi connectivity index (χ4v) is 1.78. The molecule has 13 heavy (non-hydrogen) atoms. The van der Waals surface area contributed by atoms with Gasteiger partial charge in [-0.2, -0.15) is 0 Å². The highest BCUT2D eigenvalue weighted by Crippen LogP contribution is 2.29. The molecule has 74 valence electrons. The molecule has 0 radical (unpaired) electrons. The molecule has 0 saturated heterocycles. The summed E-state index contributed by atoms with van der Waals surface area (Å²) in [5.41, 5.74) is 6.75. The molecule has 1 atom stereocenters. The summed E-state index contributed by atoms with van der Waals surface area (Å²) in [6.45, 7) is 3.92. The van der Waals surface area contributed by atoms with Crippen molar-refractivity contribution in [1.82, 2.24) is 0 Å². The van der Waals surface area contributed by atoms with Crippen LogP contribution < -0.4 is 5.73 Å². The van der Waals surface area contributed by atoms with Crippen LogP contribution in [0.3, 0.4) is 0 Å². The average Bonchev–Trinajstić information content (AvgIpc) is 2.08. The Hall–Kier alpha value is -0.830. The van der Waals surface area contributed by atoms with E-state index in [0.717, 1.165) is 25.7 Å². The van der Waals surface area contributed by atoms with Gasteiger partial charge in [0, 0.05) is 0 Å². The van der Waals surface area contributed by atoms with Crippen molar-refractivity contribution < 1.29 is 9.90 Å². The molecular weight excluding hydrogens is 166 g/mol. The van der Waals surface area contributed by atoms with Gasteiger partial charge >= 0.3 is 5.97 Å². The molecule has 0 bridgehead atoms. The third-order valence-electron chi connectivity index (χ3n) is 2.72. The summed E-state index contributed by atoms with van der Waals surface area (Å²) in [5.74, 6) is -0.402. The zero-order valence-corrected chi connectivity index (χ0v) is 7.83. The lowest BCUT2D eigenvalue weighted by Crippen LogP contribution is -2.32. The lowest BCUT2D eigenvalue weighted by molar-refractivity contribution is -0.139. The Morgan fingerprint density at radius 3 is 2.62 bits per heavy atom. The largest absolute Gasteiger partial charge is 0.480 e. The summed E-state index contributed by atoms with van der Waals surface area (Å²) in [6.07, 6.45) is 4.80. The SMILES string of the molecule is C=C1CCC(C[C@@H](N)C(=O)O)CC1. The maximum absolute atomic E-state index is 10.5. The first kappa shape index (κ1) is 10.3. The van der Waals surface area contributed by atoms with Gasteiger partial charge in [0.2, 0.25) is 0 Å². The summed E-state index contributed by atoms with van der Waals surface area (Å²) in [7, 11) is 0. The first-order valence-electron chi connectivity index (χ1n) is 4.74. The second-order valence-corrected chi connectivity index (χ2v) is 3.87. The van der Waals surface area contributed by atoms with Crippen molar-refractivity contribution in [3.63, 3.8) is 0 Å². The molecule has 0 spiro atoms. The predicted molar refractivity (Wildman–Crippen MR) is 51.3 cm³/mol. The molecule has 0 aromatic heterocycles. The van der Waals surface area contributed by atoms with E-state index < -0.39 is 12.0 Å². The van der Waals surface area contributed by atoms with Crippen molar-refractivity contribution in [2.24, 2.45) is 11.7 Å². The van der Waals surface area contributed by atoms with Gasteiger partial charge in [-0.1, -0.05) is 12.2 Å². The summed E-state index contributed by atoms with van der Waals surface area (Å²) in [6, 6.07) is -0.684. The molecule has 1 fully saturated rings. The van der Waals surface area contributed by atoms with Crippen molar-refractivity contribution >= 4 is 5.97 Å². The third kappa shape index (κ3) is 3.19. The Kier molecular flexibility index (Phi) is 3.48. The number of carboxylic acids is 1. The highest BCUT2D eigenvalue weighted by Gasteiger charge is 2.21. The van der Waals surface area contributed by atoms with Gasteiger partial charge in [0.15, 0.2) is 0 Å². The second-order valence-electron chi connectivity index (χ2n) is 3.87. The number of rotatable bonds is 3. The minimum atomic E-state index is -0.885. The molecular formula is C10H17NO2. The van der Waals surface area contributed by atoms with Crippen molar-refractivity contribution in [3.05, 3.63) is 12.2 Å². The van der Waals surface area contributed by atoms with Gasteiger partial charge in [-0.3, -0.25) is 4.79 Å². The van der Waals surface area contributed by atoms with E-state index in [2.05, 4.69) is 6.58 Å². The van der Waals surface area contributed by atoms with Gasteiger partial charge in [0.1, 0.15) is 6.04 Å². The van der Waals surface area contributed by atoms with Crippen molar-refractivity contribution in [1.29, 1.82) is 0 Å². The monoisotopic (exact) mass is 183 g/mol. The van der Waals surface area contributed by atoms with Crippen LogP contribution in [0.25, 0.3) is 0 Å². The fourth-order valence-electron chi connectivity index (χ4n) is 1.78. The van der Waals surface area contributed by atoms with Crippen molar-refractivity contribution in [3.8, 4) is 0 Å². The molecule has 0 aromatic carbocycles. The summed E-state index contributed by atoms with van der Waals surface area (Å²) >= 11 is 0. The average molecular weight is 183 g/mol. The molecule has 1 aliphatic carbocycles. The molecule has 1 rings (SSSR count). The van der Waals surface area contributed by atoms with Gasteiger partial charge in [-0.25, -0.2) is 0 Å². The van der Waals surface area contributed by atoms with E-state index in [1.54, 1.807) is 0 Å². The standard InChI is InChI=1S/C10H17NO2/c1-7-2-4-8(5-3-7)6-9(11)10(12)13/h8-9H,1-6,11H2,(H,12,13)/t9-/m1/s1.